The summed E-state index contributed by atoms with van der Waals surface area (Å²) in [5.74, 6) is 0.593. The average Bonchev–Trinajstić information content (AvgIpc) is 3.28. The summed E-state index contributed by atoms with van der Waals surface area (Å²) in [4.78, 5) is 15.1. The van der Waals surface area contributed by atoms with E-state index >= 15 is 0 Å². The molecule has 1 aliphatic rings. The molecule has 0 fully saturated rings. The van der Waals surface area contributed by atoms with Gasteiger partial charge in [-0.25, -0.2) is 0 Å². The second-order valence-corrected chi connectivity index (χ2v) is 8.65. The van der Waals surface area contributed by atoms with Crippen molar-refractivity contribution in [3.63, 3.8) is 0 Å². The van der Waals surface area contributed by atoms with Crippen LogP contribution < -0.4 is 10.1 Å². The van der Waals surface area contributed by atoms with Crippen LogP contribution in [0, 0.1) is 0 Å². The Bertz CT molecular complexity index is 1260. The largest absolute Gasteiger partial charge is 0.484 e. The lowest BCUT2D eigenvalue weighted by Crippen LogP contribution is -2.42. The molecule has 0 bridgehead atoms. The van der Waals surface area contributed by atoms with Crippen molar-refractivity contribution in [1.82, 2.24) is 14.8 Å². The minimum absolute atomic E-state index is 0.00102. The number of ether oxygens (including phenoxy) is 1. The van der Waals surface area contributed by atoms with Crippen molar-refractivity contribution < 1.29 is 9.53 Å². The van der Waals surface area contributed by atoms with E-state index in [0.717, 1.165) is 30.3 Å². The molecule has 3 aromatic carbocycles. The Morgan fingerprint density at radius 2 is 1.76 bits per heavy atom. The molecule has 1 aliphatic heterocycles. The molecule has 1 aromatic heterocycles. The highest BCUT2D eigenvalue weighted by molar-refractivity contribution is 5.84. The summed E-state index contributed by atoms with van der Waals surface area (Å²) < 4.78 is 7.93. The van der Waals surface area contributed by atoms with Crippen LogP contribution in [0.4, 0.5) is 0 Å². The second kappa shape index (κ2) is 9.51. The number of hydrogen-bond acceptors (Lipinski definition) is 3. The van der Waals surface area contributed by atoms with Gasteiger partial charge in [0.05, 0.1) is 6.04 Å². The lowest BCUT2D eigenvalue weighted by molar-refractivity contribution is -0.123. The molecule has 0 saturated heterocycles. The quantitative estimate of drug-likeness (QED) is 0.462. The topological polar surface area (TPSA) is 46.5 Å². The van der Waals surface area contributed by atoms with Crippen LogP contribution in [0.1, 0.15) is 22.9 Å². The maximum absolute atomic E-state index is 12.7. The van der Waals surface area contributed by atoms with Crippen molar-refractivity contribution in [3.8, 4) is 5.75 Å². The molecular formula is C28H29N3O2. The summed E-state index contributed by atoms with van der Waals surface area (Å²) in [5, 5.41) is 5.36. The number of rotatable bonds is 7. The van der Waals surface area contributed by atoms with Crippen molar-refractivity contribution in [3.05, 3.63) is 102 Å². The molecule has 0 aliphatic carbocycles. The Morgan fingerprint density at radius 3 is 2.58 bits per heavy atom. The van der Waals surface area contributed by atoms with Gasteiger partial charge in [0.2, 0.25) is 0 Å². The summed E-state index contributed by atoms with van der Waals surface area (Å²) >= 11 is 0. The highest BCUT2D eigenvalue weighted by atomic mass is 16.5. The van der Waals surface area contributed by atoms with Crippen molar-refractivity contribution in [2.24, 2.45) is 7.05 Å². The predicted octanol–water partition coefficient (Wildman–Crippen LogP) is 4.47. The molecule has 0 spiro atoms. The van der Waals surface area contributed by atoms with E-state index in [9.17, 15) is 4.79 Å². The lowest BCUT2D eigenvalue weighted by atomic mass is 9.98. The number of aryl methyl sites for hydroxylation is 1. The molecule has 33 heavy (non-hydrogen) atoms. The first kappa shape index (κ1) is 21.3. The molecule has 1 amide bonds. The Labute approximate surface area is 194 Å². The van der Waals surface area contributed by atoms with Gasteiger partial charge < -0.3 is 14.6 Å². The maximum atomic E-state index is 12.7. The van der Waals surface area contributed by atoms with Crippen LogP contribution in [-0.4, -0.2) is 35.1 Å². The van der Waals surface area contributed by atoms with Crippen molar-refractivity contribution in [2.45, 2.75) is 19.0 Å². The molecule has 1 unspecified atom stereocenters. The zero-order valence-electron chi connectivity index (χ0n) is 18.9. The number of amides is 1. The molecule has 1 atom stereocenters. The van der Waals surface area contributed by atoms with Gasteiger partial charge in [-0.2, -0.15) is 0 Å². The van der Waals surface area contributed by atoms with E-state index in [1.54, 1.807) is 0 Å². The fraction of sp³-hybridized carbons (Fsp3) is 0.250. The first-order valence-corrected chi connectivity index (χ1v) is 11.5. The Balaban J connectivity index is 1.23. The zero-order chi connectivity index (χ0) is 22.6. The average molecular weight is 440 g/mol. The predicted molar refractivity (Wildman–Crippen MR) is 131 cm³/mol. The van der Waals surface area contributed by atoms with Crippen LogP contribution in [0.3, 0.4) is 0 Å². The molecule has 0 saturated carbocycles. The standard InChI is InChI=1S/C28H29N3O2/c1-30-15-6-11-26(30)27(31-16-14-22-8-3-5-10-24(22)19-31)18-29-28(32)20-33-25-13-12-21-7-2-4-9-23(21)17-25/h2-13,15,17,27H,14,16,18-20H2,1H3,(H,29,32). The van der Waals surface area contributed by atoms with Crippen molar-refractivity contribution in [2.75, 3.05) is 19.7 Å². The van der Waals surface area contributed by atoms with Gasteiger partial charge >= 0.3 is 0 Å². The molecular weight excluding hydrogens is 410 g/mol. The van der Waals surface area contributed by atoms with Gasteiger partial charge in [0.15, 0.2) is 6.61 Å². The van der Waals surface area contributed by atoms with Crippen LogP contribution in [0.25, 0.3) is 10.8 Å². The Morgan fingerprint density at radius 1 is 0.970 bits per heavy atom. The first-order valence-electron chi connectivity index (χ1n) is 11.5. The summed E-state index contributed by atoms with van der Waals surface area (Å²) in [5.41, 5.74) is 3.99. The van der Waals surface area contributed by atoms with Crippen molar-refractivity contribution in [1.29, 1.82) is 0 Å². The SMILES string of the molecule is Cn1cccc1C(CNC(=O)COc1ccc2ccccc2c1)N1CCc2ccccc2C1. The Kier molecular flexibility index (Phi) is 6.13. The summed E-state index contributed by atoms with van der Waals surface area (Å²) in [7, 11) is 2.06. The van der Waals surface area contributed by atoms with Gasteiger partial charge in [0.1, 0.15) is 5.75 Å². The monoisotopic (exact) mass is 439 g/mol. The zero-order valence-corrected chi connectivity index (χ0v) is 18.9. The molecule has 5 rings (SSSR count). The summed E-state index contributed by atoms with van der Waals surface area (Å²) in [6.45, 7) is 2.40. The van der Waals surface area contributed by atoms with E-state index in [-0.39, 0.29) is 18.6 Å². The van der Waals surface area contributed by atoms with Gasteiger partial charge in [-0.15, -0.1) is 0 Å². The molecule has 4 aromatic rings. The number of nitrogens with zero attached hydrogens (tertiary/aromatic N) is 2. The van der Waals surface area contributed by atoms with E-state index < -0.39 is 0 Å². The van der Waals surface area contributed by atoms with Crippen LogP contribution in [-0.2, 0) is 24.8 Å². The number of aromatic nitrogens is 1. The van der Waals surface area contributed by atoms with Crippen LogP contribution in [0.2, 0.25) is 0 Å². The van der Waals surface area contributed by atoms with Crippen LogP contribution >= 0.6 is 0 Å². The Hall–Kier alpha value is -3.57. The molecule has 0 radical (unpaired) electrons. The maximum Gasteiger partial charge on any atom is 0.258 e. The van der Waals surface area contributed by atoms with E-state index in [0.29, 0.717) is 12.3 Å². The van der Waals surface area contributed by atoms with Gasteiger partial charge in [-0.1, -0.05) is 54.6 Å². The normalized spacial score (nSPS) is 14.6. The smallest absolute Gasteiger partial charge is 0.258 e. The number of nitrogens with one attached hydrogen (secondary N) is 1. The highest BCUT2D eigenvalue weighted by Gasteiger charge is 2.26. The summed E-state index contributed by atoms with van der Waals surface area (Å²) in [6.07, 6.45) is 3.08. The van der Waals surface area contributed by atoms with E-state index in [2.05, 4.69) is 70.5 Å². The van der Waals surface area contributed by atoms with Gasteiger partial charge in [-0.3, -0.25) is 9.69 Å². The van der Waals surface area contributed by atoms with Gasteiger partial charge in [0.25, 0.3) is 5.91 Å². The van der Waals surface area contributed by atoms with Crippen LogP contribution in [0.15, 0.2) is 85.1 Å². The van der Waals surface area contributed by atoms with E-state index in [1.807, 2.05) is 36.4 Å². The third kappa shape index (κ3) is 4.78. The number of hydrogen-bond donors (Lipinski definition) is 1. The minimum atomic E-state index is -0.111. The van der Waals surface area contributed by atoms with E-state index in [1.165, 1.54) is 16.8 Å². The van der Waals surface area contributed by atoms with Crippen molar-refractivity contribution >= 4 is 16.7 Å². The van der Waals surface area contributed by atoms with Crippen LogP contribution in [0.5, 0.6) is 5.75 Å². The minimum Gasteiger partial charge on any atom is -0.484 e. The molecule has 168 valence electrons. The fourth-order valence-electron chi connectivity index (χ4n) is 4.69. The third-order valence-corrected chi connectivity index (χ3v) is 6.51. The highest BCUT2D eigenvalue weighted by Crippen LogP contribution is 2.28. The molecule has 2 heterocycles. The van der Waals surface area contributed by atoms with E-state index in [4.69, 9.17) is 4.74 Å². The molecule has 1 N–H and O–H groups in total. The molecule has 5 nitrogen and oxygen atoms in total. The fourth-order valence-corrected chi connectivity index (χ4v) is 4.69. The molecule has 5 heteroatoms. The first-order chi connectivity index (χ1) is 16.2. The van der Waals surface area contributed by atoms with Gasteiger partial charge in [-0.05, 0) is 52.6 Å². The number of carbonyl (C=O) groups excluding carboxylic acids is 1. The second-order valence-electron chi connectivity index (χ2n) is 8.65. The summed E-state index contributed by atoms with van der Waals surface area (Å²) in [6, 6.07) is 27.0. The number of fused-ring (bicyclic) bond motifs is 2. The number of benzene rings is 3. The van der Waals surface area contributed by atoms with Gasteiger partial charge in [0, 0.05) is 38.6 Å². The lowest BCUT2D eigenvalue weighted by Gasteiger charge is -2.36. The third-order valence-electron chi connectivity index (χ3n) is 6.51. The number of carbonyl (C=O) groups is 1.